The fourth-order valence-corrected chi connectivity index (χ4v) is 3.13. The molecule has 2 atom stereocenters. The van der Waals surface area contributed by atoms with Gasteiger partial charge in [0.05, 0.1) is 6.20 Å². The minimum atomic E-state index is -1.39. The summed E-state index contributed by atoms with van der Waals surface area (Å²) in [4.78, 5) is 3.99. The van der Waals surface area contributed by atoms with Gasteiger partial charge in [0, 0.05) is 28.1 Å². The lowest BCUT2D eigenvalue weighted by Crippen LogP contribution is -2.39. The third-order valence-corrected chi connectivity index (χ3v) is 4.50. The summed E-state index contributed by atoms with van der Waals surface area (Å²) in [6.07, 6.45) is 1.48. The van der Waals surface area contributed by atoms with Gasteiger partial charge in [0.1, 0.15) is 16.5 Å². The highest BCUT2D eigenvalue weighted by Gasteiger charge is 2.45. The molecule has 0 amide bonds. The van der Waals surface area contributed by atoms with E-state index >= 15 is 0 Å². The predicted molar refractivity (Wildman–Crippen MR) is 82.7 cm³/mol. The molecule has 0 aliphatic carbocycles. The van der Waals surface area contributed by atoms with Crippen LogP contribution < -0.4 is 4.74 Å². The van der Waals surface area contributed by atoms with Gasteiger partial charge in [-0.2, -0.15) is 0 Å². The van der Waals surface area contributed by atoms with Crippen LogP contribution in [0.4, 0.5) is 0 Å². The quantitative estimate of drug-likeness (QED) is 0.795. The van der Waals surface area contributed by atoms with Crippen LogP contribution in [0, 0.1) is 5.92 Å². The van der Waals surface area contributed by atoms with E-state index in [9.17, 15) is 10.2 Å². The molecule has 0 spiro atoms. The van der Waals surface area contributed by atoms with Gasteiger partial charge in [-0.25, -0.2) is 4.98 Å². The number of rotatable bonds is 2. The fraction of sp³-hybridized carbons (Fsp3) is 0.267. The molecule has 0 bridgehead atoms. The Morgan fingerprint density at radius 3 is 2.76 bits per heavy atom. The smallest absolute Gasteiger partial charge is 0.152 e. The number of benzene rings is 1. The molecule has 2 aromatic rings. The first-order chi connectivity index (χ1) is 9.96. The van der Waals surface area contributed by atoms with Gasteiger partial charge in [0.15, 0.2) is 5.75 Å². The maximum atomic E-state index is 11.3. The molecule has 3 rings (SSSR count). The first kappa shape index (κ1) is 14.8. The van der Waals surface area contributed by atoms with E-state index in [-0.39, 0.29) is 11.8 Å². The SMILES string of the molecule is CC(CO)C1(O)c2cc(Br)ccc2Oc2cnc(Cl)cc21. The van der Waals surface area contributed by atoms with Crippen LogP contribution in [0.2, 0.25) is 5.15 Å². The van der Waals surface area contributed by atoms with Crippen molar-refractivity contribution in [3.05, 3.63) is 51.2 Å². The zero-order chi connectivity index (χ0) is 15.2. The molecule has 4 nitrogen and oxygen atoms in total. The predicted octanol–water partition coefficient (Wildman–Crippen LogP) is 3.47. The largest absolute Gasteiger partial charge is 0.455 e. The zero-order valence-corrected chi connectivity index (χ0v) is 13.5. The molecule has 2 unspecified atom stereocenters. The van der Waals surface area contributed by atoms with Crippen molar-refractivity contribution in [2.45, 2.75) is 12.5 Å². The van der Waals surface area contributed by atoms with Gasteiger partial charge in [-0.1, -0.05) is 34.5 Å². The molecule has 2 heterocycles. The minimum absolute atomic E-state index is 0.179. The molecule has 110 valence electrons. The second-order valence-electron chi connectivity index (χ2n) is 5.10. The Morgan fingerprint density at radius 2 is 2.05 bits per heavy atom. The highest BCUT2D eigenvalue weighted by Crippen LogP contribution is 2.50. The Labute approximate surface area is 135 Å². The van der Waals surface area contributed by atoms with Crippen molar-refractivity contribution >= 4 is 27.5 Å². The van der Waals surface area contributed by atoms with Gasteiger partial charge in [-0.05, 0) is 24.3 Å². The second kappa shape index (κ2) is 5.25. The summed E-state index contributed by atoms with van der Waals surface area (Å²) in [7, 11) is 0. The first-order valence-corrected chi connectivity index (χ1v) is 7.61. The second-order valence-corrected chi connectivity index (χ2v) is 6.40. The summed E-state index contributed by atoms with van der Waals surface area (Å²) in [5, 5.41) is 21.2. The van der Waals surface area contributed by atoms with E-state index in [1.54, 1.807) is 25.1 Å². The minimum Gasteiger partial charge on any atom is -0.455 e. The lowest BCUT2D eigenvalue weighted by Gasteiger charge is -2.39. The Bertz CT molecular complexity index is 656. The number of aliphatic hydroxyl groups is 2. The number of fused-ring (bicyclic) bond motifs is 2. The van der Waals surface area contributed by atoms with Crippen LogP contribution in [-0.4, -0.2) is 21.8 Å². The van der Waals surface area contributed by atoms with Crippen LogP contribution in [0.3, 0.4) is 0 Å². The first-order valence-electron chi connectivity index (χ1n) is 6.44. The van der Waals surface area contributed by atoms with Gasteiger partial charge in [0.2, 0.25) is 0 Å². The maximum absolute atomic E-state index is 11.3. The highest BCUT2D eigenvalue weighted by molar-refractivity contribution is 9.10. The standard InChI is InChI=1S/C15H13BrClNO3/c1-8(7-19)15(20)10-4-9(16)2-3-12(10)21-13-6-18-14(17)5-11(13)15/h2-6,8,19-20H,7H2,1H3. The van der Waals surface area contributed by atoms with E-state index in [1.807, 2.05) is 6.07 Å². The van der Waals surface area contributed by atoms with Crippen LogP contribution in [0.25, 0.3) is 0 Å². The van der Waals surface area contributed by atoms with Crippen molar-refractivity contribution in [2.24, 2.45) is 5.92 Å². The average Bonchev–Trinajstić information content (AvgIpc) is 2.48. The molecule has 21 heavy (non-hydrogen) atoms. The van der Waals surface area contributed by atoms with E-state index < -0.39 is 11.5 Å². The fourth-order valence-electron chi connectivity index (χ4n) is 2.61. The van der Waals surface area contributed by atoms with Crippen molar-refractivity contribution in [1.82, 2.24) is 4.98 Å². The molecule has 1 aromatic heterocycles. The Hall–Kier alpha value is -1.14. The van der Waals surface area contributed by atoms with Gasteiger partial charge in [0.25, 0.3) is 0 Å². The number of pyridine rings is 1. The van der Waals surface area contributed by atoms with Gasteiger partial charge >= 0.3 is 0 Å². The topological polar surface area (TPSA) is 62.6 Å². The van der Waals surface area contributed by atoms with E-state index in [4.69, 9.17) is 16.3 Å². The molecular weight excluding hydrogens is 358 g/mol. The number of halogens is 2. The molecule has 1 aliphatic rings. The van der Waals surface area contributed by atoms with E-state index in [2.05, 4.69) is 20.9 Å². The van der Waals surface area contributed by atoms with Crippen LogP contribution >= 0.6 is 27.5 Å². The molecule has 2 N–H and O–H groups in total. The summed E-state index contributed by atoms with van der Waals surface area (Å²) in [5.74, 6) is 0.543. The molecule has 6 heteroatoms. The molecule has 1 aromatic carbocycles. The Balaban J connectivity index is 2.31. The van der Waals surface area contributed by atoms with Crippen molar-refractivity contribution in [3.63, 3.8) is 0 Å². The van der Waals surface area contributed by atoms with Gasteiger partial charge in [-0.15, -0.1) is 0 Å². The van der Waals surface area contributed by atoms with E-state index in [0.29, 0.717) is 22.6 Å². The van der Waals surface area contributed by atoms with Crippen molar-refractivity contribution in [1.29, 1.82) is 0 Å². The molecule has 0 fully saturated rings. The average molecular weight is 371 g/mol. The Morgan fingerprint density at radius 1 is 1.33 bits per heavy atom. The summed E-state index contributed by atoms with van der Waals surface area (Å²) in [6, 6.07) is 6.97. The third kappa shape index (κ3) is 2.25. The van der Waals surface area contributed by atoms with Gasteiger partial charge in [-0.3, -0.25) is 0 Å². The van der Waals surface area contributed by atoms with Crippen LogP contribution in [-0.2, 0) is 5.60 Å². The van der Waals surface area contributed by atoms with E-state index in [0.717, 1.165) is 4.47 Å². The zero-order valence-electron chi connectivity index (χ0n) is 11.2. The van der Waals surface area contributed by atoms with Crippen LogP contribution in [0.5, 0.6) is 11.5 Å². The number of ether oxygens (including phenoxy) is 1. The summed E-state index contributed by atoms with van der Waals surface area (Å²) >= 11 is 9.36. The third-order valence-electron chi connectivity index (χ3n) is 3.80. The Kier molecular flexibility index (Phi) is 3.69. The molecule has 0 radical (unpaired) electrons. The maximum Gasteiger partial charge on any atom is 0.152 e. The molecule has 0 saturated carbocycles. The molecule has 0 saturated heterocycles. The monoisotopic (exact) mass is 369 g/mol. The normalized spacial score (nSPS) is 21.2. The highest BCUT2D eigenvalue weighted by atomic mass is 79.9. The van der Waals surface area contributed by atoms with E-state index in [1.165, 1.54) is 6.20 Å². The molecule has 1 aliphatic heterocycles. The summed E-state index contributed by atoms with van der Waals surface area (Å²) < 4.78 is 6.61. The lowest BCUT2D eigenvalue weighted by atomic mass is 9.75. The number of hydrogen-bond acceptors (Lipinski definition) is 4. The summed E-state index contributed by atoms with van der Waals surface area (Å²) in [5.41, 5.74) is -0.295. The molecular formula is C15H13BrClNO3. The number of aliphatic hydroxyl groups excluding tert-OH is 1. The lowest BCUT2D eigenvalue weighted by molar-refractivity contribution is -0.00863. The number of hydrogen-bond donors (Lipinski definition) is 2. The number of aromatic nitrogens is 1. The van der Waals surface area contributed by atoms with Crippen LogP contribution in [0.1, 0.15) is 18.1 Å². The summed E-state index contributed by atoms with van der Waals surface area (Å²) in [6.45, 7) is 1.59. The number of nitrogens with zero attached hydrogens (tertiary/aromatic N) is 1. The van der Waals surface area contributed by atoms with Crippen LogP contribution in [0.15, 0.2) is 34.9 Å². The van der Waals surface area contributed by atoms with Crippen molar-refractivity contribution in [2.75, 3.05) is 6.61 Å². The van der Waals surface area contributed by atoms with Crippen molar-refractivity contribution in [3.8, 4) is 11.5 Å². The van der Waals surface area contributed by atoms with Crippen molar-refractivity contribution < 1.29 is 14.9 Å². The van der Waals surface area contributed by atoms with Gasteiger partial charge < -0.3 is 14.9 Å².